The van der Waals surface area contributed by atoms with Crippen LogP contribution in [-0.4, -0.2) is 42.5 Å². The fourth-order valence-corrected chi connectivity index (χ4v) is 6.41. The highest BCUT2D eigenvalue weighted by atomic mass is 32.2. The van der Waals surface area contributed by atoms with Crippen LogP contribution >= 0.6 is 37.0 Å². The van der Waals surface area contributed by atoms with E-state index >= 15 is 0 Å². The van der Waals surface area contributed by atoms with E-state index < -0.39 is 5.54 Å². The minimum atomic E-state index is -0.535. The average Bonchev–Trinajstić information content (AvgIpc) is 2.78. The maximum absolute atomic E-state index is 13.3. The maximum Gasteiger partial charge on any atom is 0.182 e. The molecule has 6 heteroatoms. The van der Waals surface area contributed by atoms with Gasteiger partial charge in [0.25, 0.3) is 0 Å². The first-order chi connectivity index (χ1) is 15.1. The summed E-state index contributed by atoms with van der Waals surface area (Å²) in [5.41, 5.74) is 5.35. The number of hydrogen-bond donors (Lipinski definition) is 2. The first-order valence-corrected chi connectivity index (χ1v) is 13.2. The largest absolute Gasteiger partial charge is 0.379 e. The van der Waals surface area contributed by atoms with Gasteiger partial charge in [0.05, 0.1) is 18.8 Å². The zero-order valence-corrected chi connectivity index (χ0v) is 22.4. The van der Waals surface area contributed by atoms with Crippen LogP contribution in [0.15, 0.2) is 41.3 Å². The number of nitrogens with zero attached hydrogens (tertiary/aromatic N) is 1. The van der Waals surface area contributed by atoms with E-state index in [4.69, 9.17) is 4.74 Å². The van der Waals surface area contributed by atoms with Crippen molar-refractivity contribution in [3.05, 3.63) is 64.2 Å². The molecule has 3 nitrogen and oxygen atoms in total. The van der Waals surface area contributed by atoms with Gasteiger partial charge in [0.15, 0.2) is 5.78 Å². The molecule has 1 saturated heterocycles. The second-order valence-corrected chi connectivity index (χ2v) is 11.6. The minimum absolute atomic E-state index is 0.116. The lowest BCUT2D eigenvalue weighted by molar-refractivity contribution is -0.00430. The molecule has 2 aromatic carbocycles. The van der Waals surface area contributed by atoms with Gasteiger partial charge in [-0.3, -0.25) is 9.69 Å². The molecule has 0 N–H and O–H groups in total. The summed E-state index contributed by atoms with van der Waals surface area (Å²) in [5, 5.41) is 0. The topological polar surface area (TPSA) is 29.5 Å². The van der Waals surface area contributed by atoms with Gasteiger partial charge in [-0.2, -0.15) is 25.3 Å². The van der Waals surface area contributed by atoms with Gasteiger partial charge in [-0.05, 0) is 69.0 Å². The van der Waals surface area contributed by atoms with E-state index in [1.165, 1.54) is 22.3 Å². The number of morpholine rings is 1. The van der Waals surface area contributed by atoms with Crippen molar-refractivity contribution in [2.24, 2.45) is 0 Å². The Morgan fingerprint density at radius 3 is 2.19 bits per heavy atom. The molecule has 174 valence electrons. The van der Waals surface area contributed by atoms with Crippen LogP contribution in [0.2, 0.25) is 0 Å². The summed E-state index contributed by atoms with van der Waals surface area (Å²) in [6.07, 6.45) is 0. The quantitative estimate of drug-likeness (QED) is 0.263. The number of rotatable bonds is 8. The number of ether oxygens (including phenoxy) is 1. The summed E-state index contributed by atoms with van der Waals surface area (Å²) in [4.78, 5) is 16.6. The van der Waals surface area contributed by atoms with Gasteiger partial charge in [-0.25, -0.2) is 0 Å². The van der Waals surface area contributed by atoms with Crippen molar-refractivity contribution >= 4 is 42.8 Å². The fraction of sp³-hybridized carbons (Fsp3) is 0.500. The van der Waals surface area contributed by atoms with Crippen LogP contribution < -0.4 is 0 Å². The lowest BCUT2D eigenvalue weighted by Crippen LogP contribution is -2.54. The Bertz CT molecular complexity index is 948. The fourth-order valence-electron chi connectivity index (χ4n) is 4.48. The third kappa shape index (κ3) is 5.41. The molecular formula is C26H35NO2S3. The molecule has 0 saturated carbocycles. The number of thiol groups is 2. The second kappa shape index (κ2) is 10.6. The van der Waals surface area contributed by atoms with Crippen molar-refractivity contribution in [1.29, 1.82) is 0 Å². The zero-order valence-electron chi connectivity index (χ0n) is 19.8. The van der Waals surface area contributed by atoms with Crippen LogP contribution in [0.3, 0.4) is 0 Å². The lowest BCUT2D eigenvalue weighted by Gasteiger charge is -2.39. The lowest BCUT2D eigenvalue weighted by atomic mass is 9.91. The van der Waals surface area contributed by atoms with E-state index in [1.54, 1.807) is 0 Å². The van der Waals surface area contributed by atoms with Crippen LogP contribution in [0.1, 0.15) is 60.3 Å². The Hall–Kier alpha value is -0.920. The number of hydrogen-bond acceptors (Lipinski definition) is 6. The highest BCUT2D eigenvalue weighted by Gasteiger charge is 2.36. The van der Waals surface area contributed by atoms with Gasteiger partial charge in [0, 0.05) is 39.8 Å². The van der Waals surface area contributed by atoms with E-state index in [1.807, 2.05) is 37.7 Å². The van der Waals surface area contributed by atoms with Gasteiger partial charge < -0.3 is 4.74 Å². The van der Waals surface area contributed by atoms with E-state index in [9.17, 15) is 4.79 Å². The predicted molar refractivity (Wildman–Crippen MR) is 143 cm³/mol. The molecule has 0 radical (unpaired) electrons. The summed E-state index contributed by atoms with van der Waals surface area (Å²) in [5.74, 6) is 1.60. The monoisotopic (exact) mass is 489 g/mol. The van der Waals surface area contributed by atoms with Crippen molar-refractivity contribution in [1.82, 2.24) is 4.90 Å². The molecule has 0 bridgehead atoms. The number of carbonyl (C=O) groups excluding carboxylic acids is 1. The number of carbonyl (C=O) groups is 1. The normalized spacial score (nSPS) is 15.7. The Kier molecular flexibility index (Phi) is 8.48. The molecule has 0 atom stereocenters. The van der Waals surface area contributed by atoms with Crippen molar-refractivity contribution in [3.8, 4) is 0 Å². The van der Waals surface area contributed by atoms with Crippen LogP contribution in [0.25, 0.3) is 0 Å². The predicted octanol–water partition coefficient (Wildman–Crippen LogP) is 6.18. The molecule has 1 aliphatic rings. The molecule has 1 aliphatic heterocycles. The second-order valence-electron chi connectivity index (χ2n) is 9.32. The number of ketones is 1. The highest BCUT2D eigenvalue weighted by molar-refractivity contribution is 8.00. The first kappa shape index (κ1) is 25.7. The first-order valence-electron chi connectivity index (χ1n) is 11.1. The standard InChI is InChI=1S/C26H35NO2S3/c1-18-22(17-31)20(16-30)8-11-23(18)26(4,5)32-21-9-6-19(7-10-21)24(28)25(2,3)27-12-14-29-15-13-27/h6-11,30-31H,12-17H2,1-5H3. The molecule has 0 amide bonds. The smallest absolute Gasteiger partial charge is 0.182 e. The van der Waals surface area contributed by atoms with Crippen LogP contribution in [0.4, 0.5) is 0 Å². The summed E-state index contributed by atoms with van der Waals surface area (Å²) in [6.45, 7) is 13.7. The van der Waals surface area contributed by atoms with E-state index in [0.717, 1.165) is 29.3 Å². The minimum Gasteiger partial charge on any atom is -0.379 e. The Morgan fingerprint density at radius 2 is 1.62 bits per heavy atom. The van der Waals surface area contributed by atoms with Crippen molar-refractivity contribution in [3.63, 3.8) is 0 Å². The molecule has 32 heavy (non-hydrogen) atoms. The summed E-state index contributed by atoms with van der Waals surface area (Å²) in [7, 11) is 0. The molecule has 0 aromatic heterocycles. The average molecular weight is 490 g/mol. The number of Topliss-reactive ketones (excluding diaryl/α,β-unsaturated/α-hetero) is 1. The summed E-state index contributed by atoms with van der Waals surface area (Å²) >= 11 is 10.8. The molecule has 1 fully saturated rings. The van der Waals surface area contributed by atoms with Crippen molar-refractivity contribution in [2.45, 2.75) is 61.3 Å². The summed E-state index contributed by atoms with van der Waals surface area (Å²) < 4.78 is 5.34. The molecule has 2 aromatic rings. The summed E-state index contributed by atoms with van der Waals surface area (Å²) in [6, 6.07) is 12.5. The Morgan fingerprint density at radius 1 is 1.00 bits per heavy atom. The highest BCUT2D eigenvalue weighted by Crippen LogP contribution is 2.43. The van der Waals surface area contributed by atoms with Crippen molar-refractivity contribution in [2.75, 3.05) is 26.3 Å². The van der Waals surface area contributed by atoms with E-state index in [-0.39, 0.29) is 10.5 Å². The SMILES string of the molecule is Cc1c(C(C)(C)Sc2ccc(C(=O)C(C)(C)N3CCOCC3)cc2)ccc(CS)c1CS. The van der Waals surface area contributed by atoms with Crippen LogP contribution in [0.5, 0.6) is 0 Å². The third-order valence-corrected chi connectivity index (χ3v) is 8.41. The zero-order chi connectivity index (χ0) is 23.5. The molecule has 1 heterocycles. The van der Waals surface area contributed by atoms with Crippen LogP contribution in [-0.2, 0) is 21.0 Å². The molecular weight excluding hydrogens is 454 g/mol. The maximum atomic E-state index is 13.3. The number of benzene rings is 2. The van der Waals surface area contributed by atoms with E-state index in [0.29, 0.717) is 19.0 Å². The third-order valence-electron chi connectivity index (χ3n) is 6.52. The van der Waals surface area contributed by atoms with Gasteiger partial charge in [0.2, 0.25) is 0 Å². The molecule has 3 rings (SSSR count). The Balaban J connectivity index is 1.78. The van der Waals surface area contributed by atoms with Crippen molar-refractivity contribution < 1.29 is 9.53 Å². The van der Waals surface area contributed by atoms with E-state index in [2.05, 4.69) is 75.2 Å². The van der Waals surface area contributed by atoms with Gasteiger partial charge in [0.1, 0.15) is 0 Å². The molecule has 0 spiro atoms. The Labute approximate surface area is 208 Å². The van der Waals surface area contributed by atoms with Gasteiger partial charge in [-0.1, -0.05) is 24.3 Å². The number of thioether (sulfide) groups is 1. The van der Waals surface area contributed by atoms with Gasteiger partial charge >= 0.3 is 0 Å². The van der Waals surface area contributed by atoms with Gasteiger partial charge in [-0.15, -0.1) is 11.8 Å². The van der Waals surface area contributed by atoms with Crippen LogP contribution in [0, 0.1) is 6.92 Å². The molecule has 0 aliphatic carbocycles. The molecule has 0 unspecified atom stereocenters.